The van der Waals surface area contributed by atoms with Gasteiger partial charge in [-0.2, -0.15) is 0 Å². The van der Waals surface area contributed by atoms with Crippen LogP contribution in [0.1, 0.15) is 20.7 Å². The second-order valence-corrected chi connectivity index (χ2v) is 5.99. The summed E-state index contributed by atoms with van der Waals surface area (Å²) in [5.41, 5.74) is 0.00808. The number of carbonyl (C=O) groups excluding carboxylic acids is 2. The van der Waals surface area contributed by atoms with Gasteiger partial charge >= 0.3 is 0 Å². The lowest BCUT2D eigenvalue weighted by molar-refractivity contribution is 0.0826. The summed E-state index contributed by atoms with van der Waals surface area (Å²) >= 11 is 5.93. The monoisotopic (exact) mass is 363 g/mol. The van der Waals surface area contributed by atoms with Crippen molar-refractivity contribution in [2.75, 3.05) is 26.5 Å². The van der Waals surface area contributed by atoms with Gasteiger partial charge in [0, 0.05) is 32.4 Å². The maximum atomic E-state index is 12.5. The lowest BCUT2D eigenvalue weighted by Crippen LogP contribution is -2.28. The van der Waals surface area contributed by atoms with Crippen LogP contribution in [0.15, 0.2) is 35.3 Å². The molecule has 0 saturated carbocycles. The molecule has 2 rings (SSSR count). The largest absolute Gasteiger partial charge is 0.496 e. The highest BCUT2D eigenvalue weighted by Gasteiger charge is 2.17. The fourth-order valence-corrected chi connectivity index (χ4v) is 2.40. The third-order valence-electron chi connectivity index (χ3n) is 3.49. The van der Waals surface area contributed by atoms with Crippen molar-refractivity contribution in [1.29, 1.82) is 0 Å². The van der Waals surface area contributed by atoms with Crippen molar-refractivity contribution in [3.8, 4) is 5.75 Å². The Morgan fingerprint density at radius 2 is 1.92 bits per heavy atom. The number of aryl methyl sites for hydroxylation is 1. The molecule has 0 spiro atoms. The minimum absolute atomic E-state index is 0.0118. The number of hydrogen-bond acceptors (Lipinski definition) is 4. The minimum Gasteiger partial charge on any atom is -0.496 e. The Hall–Kier alpha value is -2.80. The molecule has 1 N–H and O–H groups in total. The number of aromatic nitrogens is 1. The molecular weight excluding hydrogens is 346 g/mol. The molecule has 0 aliphatic heterocycles. The van der Waals surface area contributed by atoms with E-state index in [0.717, 1.165) is 0 Å². The standard InChI is InChI=1S/C17H18ClN3O4/c1-20(2)16(23)10-7-13(17(24)21(3)9-10)19-15(22)12-8-11(18)5-6-14(12)25-4/h5-9H,1-4H3,(H,19,22). The van der Waals surface area contributed by atoms with Gasteiger partial charge in [0.15, 0.2) is 0 Å². The van der Waals surface area contributed by atoms with Gasteiger partial charge in [0.05, 0.1) is 18.2 Å². The maximum absolute atomic E-state index is 12.5. The number of nitrogens with zero attached hydrogens (tertiary/aromatic N) is 2. The van der Waals surface area contributed by atoms with Gasteiger partial charge in [0.2, 0.25) is 0 Å². The van der Waals surface area contributed by atoms with E-state index >= 15 is 0 Å². The highest BCUT2D eigenvalue weighted by Crippen LogP contribution is 2.23. The molecule has 2 aromatic rings. The first-order valence-electron chi connectivity index (χ1n) is 7.31. The van der Waals surface area contributed by atoms with Gasteiger partial charge in [-0.1, -0.05) is 11.6 Å². The number of hydrogen-bond donors (Lipinski definition) is 1. The van der Waals surface area contributed by atoms with Gasteiger partial charge in [-0.25, -0.2) is 0 Å². The van der Waals surface area contributed by atoms with E-state index in [1.165, 1.54) is 42.0 Å². The molecule has 0 aliphatic rings. The van der Waals surface area contributed by atoms with Gasteiger partial charge in [-0.3, -0.25) is 14.4 Å². The van der Waals surface area contributed by atoms with E-state index < -0.39 is 11.5 Å². The Labute approximate surface area is 149 Å². The van der Waals surface area contributed by atoms with E-state index in [9.17, 15) is 14.4 Å². The zero-order valence-electron chi connectivity index (χ0n) is 14.3. The number of ether oxygens (including phenoxy) is 1. The molecule has 0 unspecified atom stereocenters. The Morgan fingerprint density at radius 1 is 1.24 bits per heavy atom. The van der Waals surface area contributed by atoms with Gasteiger partial charge < -0.3 is 19.5 Å². The Kier molecular flexibility index (Phi) is 5.48. The lowest BCUT2D eigenvalue weighted by Gasteiger charge is -2.14. The number of carbonyl (C=O) groups is 2. The number of amides is 2. The second-order valence-electron chi connectivity index (χ2n) is 5.56. The number of rotatable bonds is 4. The second kappa shape index (κ2) is 7.40. The first kappa shape index (κ1) is 18.5. The van der Waals surface area contributed by atoms with E-state index in [-0.39, 0.29) is 22.7 Å². The molecule has 0 atom stereocenters. The average molecular weight is 364 g/mol. The van der Waals surface area contributed by atoms with Crippen LogP contribution in [0, 0.1) is 0 Å². The third kappa shape index (κ3) is 4.00. The molecule has 132 valence electrons. The summed E-state index contributed by atoms with van der Waals surface area (Å²) in [6.07, 6.45) is 1.42. The van der Waals surface area contributed by atoms with Crippen molar-refractivity contribution in [2.45, 2.75) is 0 Å². The van der Waals surface area contributed by atoms with Crippen molar-refractivity contribution >= 4 is 29.1 Å². The molecule has 1 aromatic carbocycles. The van der Waals surface area contributed by atoms with E-state index in [1.54, 1.807) is 26.2 Å². The lowest BCUT2D eigenvalue weighted by atomic mass is 10.1. The molecule has 8 heteroatoms. The molecular formula is C17H18ClN3O4. The molecule has 0 fully saturated rings. The number of nitrogens with one attached hydrogen (secondary N) is 1. The van der Waals surface area contributed by atoms with Crippen LogP contribution in [0.25, 0.3) is 0 Å². The quantitative estimate of drug-likeness (QED) is 0.901. The number of pyridine rings is 1. The summed E-state index contributed by atoms with van der Waals surface area (Å²) < 4.78 is 6.38. The highest BCUT2D eigenvalue weighted by molar-refractivity contribution is 6.31. The van der Waals surface area contributed by atoms with Crippen LogP contribution in [0.3, 0.4) is 0 Å². The average Bonchev–Trinajstić information content (AvgIpc) is 2.57. The van der Waals surface area contributed by atoms with Crippen molar-refractivity contribution in [3.05, 3.63) is 57.0 Å². The molecule has 0 aliphatic carbocycles. The van der Waals surface area contributed by atoms with E-state index in [2.05, 4.69) is 5.32 Å². The number of anilines is 1. The Morgan fingerprint density at radius 3 is 2.52 bits per heavy atom. The molecule has 1 heterocycles. The van der Waals surface area contributed by atoms with Gasteiger partial charge in [0.25, 0.3) is 17.4 Å². The van der Waals surface area contributed by atoms with Crippen molar-refractivity contribution in [1.82, 2.24) is 9.47 Å². The van der Waals surface area contributed by atoms with Gasteiger partial charge in [-0.15, -0.1) is 0 Å². The summed E-state index contributed by atoms with van der Waals surface area (Å²) in [4.78, 5) is 38.3. The van der Waals surface area contributed by atoms with Crippen LogP contribution in [0.4, 0.5) is 5.69 Å². The van der Waals surface area contributed by atoms with Crippen molar-refractivity contribution < 1.29 is 14.3 Å². The predicted molar refractivity (Wildman–Crippen MR) is 95.7 cm³/mol. The smallest absolute Gasteiger partial charge is 0.274 e. The zero-order chi connectivity index (χ0) is 18.7. The van der Waals surface area contributed by atoms with Crippen LogP contribution in [-0.4, -0.2) is 42.5 Å². The minimum atomic E-state index is -0.564. The van der Waals surface area contributed by atoms with Crippen molar-refractivity contribution in [2.24, 2.45) is 7.05 Å². The van der Waals surface area contributed by atoms with E-state index in [1.807, 2.05) is 0 Å². The Balaban J connectivity index is 2.43. The molecule has 2 amide bonds. The van der Waals surface area contributed by atoms with Crippen LogP contribution in [0.5, 0.6) is 5.75 Å². The highest BCUT2D eigenvalue weighted by atomic mass is 35.5. The fraction of sp³-hybridized carbons (Fsp3) is 0.235. The van der Waals surface area contributed by atoms with Crippen LogP contribution in [0.2, 0.25) is 5.02 Å². The summed E-state index contributed by atoms with van der Waals surface area (Å²) in [6.45, 7) is 0. The summed E-state index contributed by atoms with van der Waals surface area (Å²) in [7, 11) is 6.13. The van der Waals surface area contributed by atoms with E-state index in [0.29, 0.717) is 10.8 Å². The van der Waals surface area contributed by atoms with Gasteiger partial charge in [0.1, 0.15) is 11.4 Å². The maximum Gasteiger partial charge on any atom is 0.274 e. The molecule has 0 bridgehead atoms. The molecule has 7 nitrogen and oxygen atoms in total. The summed E-state index contributed by atoms with van der Waals surface area (Å²) in [5.74, 6) is -0.531. The Bertz CT molecular complexity index is 890. The predicted octanol–water partition coefficient (Wildman–Crippen LogP) is 2.00. The number of methoxy groups -OCH3 is 1. The normalized spacial score (nSPS) is 10.3. The number of halogens is 1. The first-order chi connectivity index (χ1) is 11.7. The van der Waals surface area contributed by atoms with Crippen LogP contribution >= 0.6 is 11.6 Å². The molecule has 0 saturated heterocycles. The van der Waals surface area contributed by atoms with Crippen LogP contribution in [-0.2, 0) is 7.05 Å². The first-order valence-corrected chi connectivity index (χ1v) is 7.69. The third-order valence-corrected chi connectivity index (χ3v) is 3.73. The number of benzene rings is 1. The zero-order valence-corrected chi connectivity index (χ0v) is 15.0. The summed E-state index contributed by atoms with van der Waals surface area (Å²) in [6, 6.07) is 5.93. The molecule has 1 aromatic heterocycles. The SMILES string of the molecule is COc1ccc(Cl)cc1C(=O)Nc1cc(C(=O)N(C)C)cn(C)c1=O. The topological polar surface area (TPSA) is 80.6 Å². The fourth-order valence-electron chi connectivity index (χ4n) is 2.22. The van der Waals surface area contributed by atoms with Crippen LogP contribution < -0.4 is 15.6 Å². The van der Waals surface area contributed by atoms with Crippen molar-refractivity contribution in [3.63, 3.8) is 0 Å². The molecule has 0 radical (unpaired) electrons. The summed E-state index contributed by atoms with van der Waals surface area (Å²) in [5, 5.41) is 2.88. The van der Waals surface area contributed by atoms with Gasteiger partial charge in [-0.05, 0) is 24.3 Å². The van der Waals surface area contributed by atoms with E-state index in [4.69, 9.17) is 16.3 Å². The molecule has 25 heavy (non-hydrogen) atoms.